The maximum absolute atomic E-state index is 6.18. The number of rotatable bonds is 2. The van der Waals surface area contributed by atoms with E-state index in [0.29, 0.717) is 9.41 Å². The third-order valence-corrected chi connectivity index (χ3v) is 3.62. The van der Waals surface area contributed by atoms with Gasteiger partial charge in [-0.25, -0.2) is 0 Å². The fourth-order valence-corrected chi connectivity index (χ4v) is 1.93. The summed E-state index contributed by atoms with van der Waals surface area (Å²) in [6.07, 6.45) is 5.11. The number of nitrogens with zero attached hydrogens (tertiary/aromatic N) is 1. The highest BCUT2D eigenvalue weighted by atomic mass is 35.5. The summed E-state index contributed by atoms with van der Waals surface area (Å²) in [6, 6.07) is 1.77. The van der Waals surface area contributed by atoms with E-state index in [0.717, 1.165) is 5.56 Å². The Labute approximate surface area is 117 Å². The van der Waals surface area contributed by atoms with Crippen molar-refractivity contribution in [1.82, 2.24) is 4.98 Å². The van der Waals surface area contributed by atoms with Gasteiger partial charge in [0.25, 0.3) is 0 Å². The van der Waals surface area contributed by atoms with E-state index in [9.17, 15) is 0 Å². The predicted octanol–water partition coefficient (Wildman–Crippen LogP) is 4.49. The van der Waals surface area contributed by atoms with Crippen molar-refractivity contribution >= 4 is 40.0 Å². The molecule has 0 saturated heterocycles. The van der Waals surface area contributed by atoms with Gasteiger partial charge in [0.2, 0.25) is 4.38 Å². The van der Waals surface area contributed by atoms with Gasteiger partial charge in [-0.1, -0.05) is 44.1 Å². The number of ether oxygens (including phenoxy) is 1. The van der Waals surface area contributed by atoms with Gasteiger partial charge in [0.05, 0.1) is 5.02 Å². The molecule has 0 aliphatic carbocycles. The first kappa shape index (κ1) is 14.7. The second kappa shape index (κ2) is 6.03. The van der Waals surface area contributed by atoms with Crippen LogP contribution in [0.15, 0.2) is 18.5 Å². The summed E-state index contributed by atoms with van der Waals surface area (Å²) in [5.74, 6) is 0. The molecule has 0 saturated carbocycles. The number of thiocarbonyl (C=S) groups is 1. The van der Waals surface area contributed by atoms with Crippen LogP contribution in [-0.4, -0.2) is 15.6 Å². The molecule has 0 aliphatic rings. The van der Waals surface area contributed by atoms with Gasteiger partial charge >= 0.3 is 0 Å². The summed E-state index contributed by atoms with van der Waals surface area (Å²) >= 11 is 12.7. The van der Waals surface area contributed by atoms with Crippen molar-refractivity contribution in [2.24, 2.45) is 5.41 Å². The summed E-state index contributed by atoms with van der Waals surface area (Å²) in [6.45, 7) is 6.26. The Hall–Kier alpha value is -0.320. The van der Waals surface area contributed by atoms with Gasteiger partial charge in [-0.15, -0.1) is 0 Å². The number of hydrogen-bond acceptors (Lipinski definition) is 4. The van der Waals surface area contributed by atoms with Gasteiger partial charge in [0, 0.05) is 23.4 Å². The van der Waals surface area contributed by atoms with Crippen molar-refractivity contribution in [3.05, 3.63) is 29.0 Å². The lowest BCUT2D eigenvalue weighted by atomic mass is 9.85. The molecule has 5 heteroatoms. The zero-order valence-corrected chi connectivity index (χ0v) is 12.7. The average molecular weight is 290 g/mol. The number of aromatic nitrogens is 1. The van der Waals surface area contributed by atoms with Crippen LogP contribution in [0.2, 0.25) is 5.02 Å². The molecule has 0 aromatic carbocycles. The van der Waals surface area contributed by atoms with E-state index in [1.807, 2.05) is 6.26 Å². The van der Waals surface area contributed by atoms with E-state index in [-0.39, 0.29) is 11.5 Å². The minimum atomic E-state index is -0.191. The first-order valence-electron chi connectivity index (χ1n) is 5.20. The number of halogens is 1. The van der Waals surface area contributed by atoms with Crippen LogP contribution in [0, 0.1) is 5.41 Å². The third kappa shape index (κ3) is 4.12. The molecule has 1 unspecified atom stereocenters. The lowest BCUT2D eigenvalue weighted by Crippen LogP contribution is -2.23. The Balaban J connectivity index is 3.07. The number of pyridine rings is 1. The number of hydrogen-bond donors (Lipinski definition) is 0. The monoisotopic (exact) mass is 289 g/mol. The van der Waals surface area contributed by atoms with Crippen molar-refractivity contribution < 1.29 is 4.74 Å². The average Bonchev–Trinajstić information content (AvgIpc) is 2.25. The molecule has 0 amide bonds. The van der Waals surface area contributed by atoms with Crippen LogP contribution >= 0.6 is 35.6 Å². The maximum Gasteiger partial charge on any atom is 0.220 e. The Morgan fingerprint density at radius 1 is 1.53 bits per heavy atom. The SMILES string of the molecule is CSC(=S)OC(c1cnccc1Cl)C(C)(C)C. The Morgan fingerprint density at radius 3 is 2.65 bits per heavy atom. The molecule has 1 aromatic heterocycles. The zero-order valence-electron chi connectivity index (χ0n) is 10.4. The normalized spacial score (nSPS) is 13.2. The second-order valence-electron chi connectivity index (χ2n) is 4.72. The molecule has 0 radical (unpaired) electrons. The van der Waals surface area contributed by atoms with Crippen LogP contribution in [0.5, 0.6) is 0 Å². The largest absolute Gasteiger partial charge is 0.470 e. The molecule has 0 bridgehead atoms. The molecule has 2 nitrogen and oxygen atoms in total. The summed E-state index contributed by atoms with van der Waals surface area (Å²) in [5.41, 5.74) is 0.769. The summed E-state index contributed by atoms with van der Waals surface area (Å²) in [5, 5.41) is 0.656. The van der Waals surface area contributed by atoms with E-state index in [2.05, 4.69) is 25.8 Å². The fourth-order valence-electron chi connectivity index (χ4n) is 1.43. The molecule has 0 aliphatic heterocycles. The molecular weight excluding hydrogens is 274 g/mol. The van der Waals surface area contributed by atoms with Gasteiger partial charge in [0.15, 0.2) is 0 Å². The first-order chi connectivity index (χ1) is 7.86. The molecule has 0 fully saturated rings. The van der Waals surface area contributed by atoms with Gasteiger partial charge < -0.3 is 4.74 Å². The molecule has 94 valence electrons. The van der Waals surface area contributed by atoms with Crippen LogP contribution in [0.4, 0.5) is 0 Å². The van der Waals surface area contributed by atoms with Crippen molar-refractivity contribution in [1.29, 1.82) is 0 Å². The zero-order chi connectivity index (χ0) is 13.1. The van der Waals surface area contributed by atoms with E-state index < -0.39 is 0 Å². The van der Waals surface area contributed by atoms with E-state index >= 15 is 0 Å². The van der Waals surface area contributed by atoms with Crippen LogP contribution in [0.3, 0.4) is 0 Å². The molecule has 17 heavy (non-hydrogen) atoms. The molecule has 0 N–H and O–H groups in total. The van der Waals surface area contributed by atoms with Gasteiger partial charge in [0.1, 0.15) is 6.10 Å². The third-order valence-electron chi connectivity index (χ3n) is 2.25. The van der Waals surface area contributed by atoms with Crippen molar-refractivity contribution in [3.63, 3.8) is 0 Å². The maximum atomic E-state index is 6.18. The van der Waals surface area contributed by atoms with Crippen molar-refractivity contribution in [3.8, 4) is 0 Å². The second-order valence-corrected chi connectivity index (χ2v) is 6.53. The first-order valence-corrected chi connectivity index (χ1v) is 7.21. The van der Waals surface area contributed by atoms with Crippen LogP contribution in [0.25, 0.3) is 0 Å². The highest BCUT2D eigenvalue weighted by molar-refractivity contribution is 8.22. The van der Waals surface area contributed by atoms with E-state index in [1.165, 1.54) is 11.8 Å². The molecule has 1 heterocycles. The highest BCUT2D eigenvalue weighted by Gasteiger charge is 2.30. The molecule has 0 spiro atoms. The van der Waals surface area contributed by atoms with Crippen molar-refractivity contribution in [2.75, 3.05) is 6.26 Å². The van der Waals surface area contributed by atoms with Crippen LogP contribution in [0.1, 0.15) is 32.4 Å². The molecule has 1 rings (SSSR count). The van der Waals surface area contributed by atoms with Crippen LogP contribution < -0.4 is 0 Å². The topological polar surface area (TPSA) is 22.1 Å². The smallest absolute Gasteiger partial charge is 0.220 e. The minimum absolute atomic E-state index is 0.105. The van der Waals surface area contributed by atoms with Gasteiger partial charge in [-0.2, -0.15) is 0 Å². The molecule has 1 aromatic rings. The lowest BCUT2D eigenvalue weighted by molar-refractivity contribution is 0.0832. The predicted molar refractivity (Wildman–Crippen MR) is 78.6 cm³/mol. The summed E-state index contributed by atoms with van der Waals surface area (Å²) in [4.78, 5) is 4.10. The summed E-state index contributed by atoms with van der Waals surface area (Å²) in [7, 11) is 0. The Morgan fingerprint density at radius 2 is 2.18 bits per heavy atom. The quantitative estimate of drug-likeness (QED) is 0.748. The Bertz CT molecular complexity index is 404. The molecule has 1 atom stereocenters. The van der Waals surface area contributed by atoms with Gasteiger partial charge in [-0.05, 0) is 24.5 Å². The summed E-state index contributed by atoms with van der Waals surface area (Å²) < 4.78 is 6.32. The van der Waals surface area contributed by atoms with E-state index in [1.54, 1.807) is 18.5 Å². The Kier molecular flexibility index (Phi) is 5.22. The highest BCUT2D eigenvalue weighted by Crippen LogP contribution is 2.39. The van der Waals surface area contributed by atoms with Crippen LogP contribution in [-0.2, 0) is 4.74 Å². The minimum Gasteiger partial charge on any atom is -0.470 e. The standard InChI is InChI=1S/C12H16ClNOS2/c1-12(2,3)10(15-11(16)17-4)8-7-14-6-5-9(8)13/h5-7,10H,1-4H3. The van der Waals surface area contributed by atoms with Gasteiger partial charge in [-0.3, -0.25) is 4.98 Å². The fraction of sp³-hybridized carbons (Fsp3) is 0.500. The number of thioether (sulfide) groups is 1. The van der Waals surface area contributed by atoms with E-state index in [4.69, 9.17) is 28.6 Å². The molecular formula is C12H16ClNOS2. The van der Waals surface area contributed by atoms with Crippen molar-refractivity contribution in [2.45, 2.75) is 26.9 Å². The lowest BCUT2D eigenvalue weighted by Gasteiger charge is -2.31.